The third kappa shape index (κ3) is 2.59. The summed E-state index contributed by atoms with van der Waals surface area (Å²) in [5.41, 5.74) is 7.30. The summed E-state index contributed by atoms with van der Waals surface area (Å²) in [6.45, 7) is 0.820. The first-order chi connectivity index (χ1) is 9.21. The second-order valence-corrected chi connectivity index (χ2v) is 6.96. The average Bonchev–Trinajstić information content (AvgIpc) is 3.07. The molecule has 19 heavy (non-hydrogen) atoms. The maximum absolute atomic E-state index is 12.4. The second kappa shape index (κ2) is 5.08. The number of benzene rings is 1. The zero-order valence-electron chi connectivity index (χ0n) is 11.0. The van der Waals surface area contributed by atoms with Gasteiger partial charge < -0.3 is 11.1 Å². The first kappa shape index (κ1) is 12.9. The van der Waals surface area contributed by atoms with Crippen LogP contribution in [0.1, 0.15) is 31.2 Å². The van der Waals surface area contributed by atoms with E-state index < -0.39 is 0 Å². The highest BCUT2D eigenvalue weighted by Crippen LogP contribution is 2.48. The van der Waals surface area contributed by atoms with E-state index in [9.17, 15) is 4.79 Å². The highest BCUT2D eigenvalue weighted by atomic mass is 32.2. The molecule has 0 radical (unpaired) electrons. The van der Waals surface area contributed by atoms with Crippen molar-refractivity contribution in [1.29, 1.82) is 0 Å². The van der Waals surface area contributed by atoms with Crippen molar-refractivity contribution < 1.29 is 4.79 Å². The highest BCUT2D eigenvalue weighted by Gasteiger charge is 2.51. The van der Waals surface area contributed by atoms with Crippen molar-refractivity contribution in [3.8, 4) is 0 Å². The quantitative estimate of drug-likeness (QED) is 0.830. The van der Waals surface area contributed by atoms with E-state index in [4.69, 9.17) is 5.73 Å². The molecule has 1 heterocycles. The molecule has 3 N–H and O–H groups in total. The summed E-state index contributed by atoms with van der Waals surface area (Å²) in [6.07, 6.45) is 4.44. The molecular formula is C15H20N2OS. The molecule has 4 heteroatoms. The monoisotopic (exact) mass is 276 g/mol. The van der Waals surface area contributed by atoms with E-state index in [2.05, 4.69) is 5.32 Å². The van der Waals surface area contributed by atoms with E-state index in [1.54, 1.807) is 0 Å². The molecule has 1 aromatic rings. The zero-order chi connectivity index (χ0) is 13.3. The van der Waals surface area contributed by atoms with Gasteiger partial charge in [-0.3, -0.25) is 4.79 Å². The van der Waals surface area contributed by atoms with Crippen LogP contribution in [0, 0.1) is 0 Å². The minimum atomic E-state index is -0.267. The van der Waals surface area contributed by atoms with Crippen molar-refractivity contribution >= 4 is 23.4 Å². The van der Waals surface area contributed by atoms with E-state index in [-0.39, 0.29) is 11.3 Å². The molecule has 1 atom stereocenters. The molecule has 0 aromatic heterocycles. The van der Waals surface area contributed by atoms with Gasteiger partial charge in [0.15, 0.2) is 0 Å². The number of nitrogens with two attached hydrogens (primary N) is 1. The molecule has 1 saturated heterocycles. The van der Waals surface area contributed by atoms with Gasteiger partial charge in [-0.25, -0.2) is 0 Å². The number of nitrogens with one attached hydrogen (secondary N) is 1. The van der Waals surface area contributed by atoms with Crippen molar-refractivity contribution in [2.45, 2.75) is 36.3 Å². The van der Waals surface area contributed by atoms with Crippen LogP contribution in [-0.4, -0.2) is 23.5 Å². The third-order valence-corrected chi connectivity index (χ3v) is 5.56. The lowest BCUT2D eigenvalue weighted by molar-refractivity contribution is -0.123. The van der Waals surface area contributed by atoms with Gasteiger partial charge in [0.1, 0.15) is 0 Å². The minimum Gasteiger partial charge on any atom is -0.399 e. The van der Waals surface area contributed by atoms with E-state index in [0.29, 0.717) is 5.25 Å². The number of hydrogen-bond acceptors (Lipinski definition) is 3. The lowest BCUT2D eigenvalue weighted by Gasteiger charge is -2.17. The molecule has 3 rings (SSSR count). The first-order valence-corrected chi connectivity index (χ1v) is 8.01. The Hall–Kier alpha value is -1.16. The summed E-state index contributed by atoms with van der Waals surface area (Å²) in [7, 11) is 0. The Morgan fingerprint density at radius 3 is 2.68 bits per heavy atom. The van der Waals surface area contributed by atoms with E-state index in [1.165, 1.54) is 18.6 Å². The predicted molar refractivity (Wildman–Crippen MR) is 80.3 cm³/mol. The molecule has 2 aliphatic rings. The topological polar surface area (TPSA) is 55.1 Å². The zero-order valence-corrected chi connectivity index (χ0v) is 11.8. The molecule has 2 fully saturated rings. The largest absolute Gasteiger partial charge is 0.399 e. The standard InChI is InChI=1S/C15H20N2OS/c16-12-5-3-11(4-6-12)15(7-8-15)14(18)17-10-13-2-1-9-19-13/h3-6,13H,1-2,7-10,16H2,(H,17,18). The molecular weight excluding hydrogens is 256 g/mol. The third-order valence-electron chi connectivity index (χ3n) is 4.16. The van der Waals surface area contributed by atoms with Gasteiger partial charge in [0.25, 0.3) is 0 Å². The van der Waals surface area contributed by atoms with Crippen LogP contribution in [0.25, 0.3) is 0 Å². The summed E-state index contributed by atoms with van der Waals surface area (Å²) in [5.74, 6) is 1.44. The fraction of sp³-hybridized carbons (Fsp3) is 0.533. The first-order valence-electron chi connectivity index (χ1n) is 6.97. The predicted octanol–water partition coefficient (Wildman–Crippen LogP) is 2.31. The Morgan fingerprint density at radius 1 is 1.37 bits per heavy atom. The van der Waals surface area contributed by atoms with E-state index >= 15 is 0 Å². The summed E-state index contributed by atoms with van der Waals surface area (Å²) in [5, 5.41) is 3.77. The molecule has 1 aliphatic carbocycles. The summed E-state index contributed by atoms with van der Waals surface area (Å²) in [6, 6.07) is 7.75. The lowest BCUT2D eigenvalue weighted by Crippen LogP contribution is -2.38. The maximum Gasteiger partial charge on any atom is 0.230 e. The minimum absolute atomic E-state index is 0.199. The molecule has 1 amide bonds. The Kier molecular flexibility index (Phi) is 3.44. The number of nitrogen functional groups attached to an aromatic ring is 1. The number of amides is 1. The van der Waals surface area contributed by atoms with Crippen molar-refractivity contribution in [2.24, 2.45) is 0 Å². The molecule has 1 unspecified atom stereocenters. The summed E-state index contributed by atoms with van der Waals surface area (Å²) < 4.78 is 0. The Morgan fingerprint density at radius 2 is 2.11 bits per heavy atom. The van der Waals surface area contributed by atoms with E-state index in [0.717, 1.165) is 30.6 Å². The van der Waals surface area contributed by atoms with Crippen LogP contribution in [0.15, 0.2) is 24.3 Å². The Balaban J connectivity index is 1.63. The highest BCUT2D eigenvalue weighted by molar-refractivity contribution is 8.00. The van der Waals surface area contributed by atoms with Gasteiger partial charge in [-0.2, -0.15) is 11.8 Å². The van der Waals surface area contributed by atoms with E-state index in [1.807, 2.05) is 36.0 Å². The fourth-order valence-corrected chi connectivity index (χ4v) is 3.96. The van der Waals surface area contributed by atoms with Crippen molar-refractivity contribution in [3.63, 3.8) is 0 Å². The number of hydrogen-bond donors (Lipinski definition) is 2. The Labute approximate surface area is 118 Å². The van der Waals surface area contributed by atoms with Crippen LogP contribution in [0.5, 0.6) is 0 Å². The molecule has 1 aromatic carbocycles. The molecule has 0 spiro atoms. The number of rotatable bonds is 4. The van der Waals surface area contributed by atoms with Gasteiger partial charge >= 0.3 is 0 Å². The molecule has 1 saturated carbocycles. The Bertz CT molecular complexity index is 462. The van der Waals surface area contributed by atoms with Gasteiger partial charge in [-0.15, -0.1) is 0 Å². The smallest absolute Gasteiger partial charge is 0.230 e. The van der Waals surface area contributed by atoms with Crippen molar-refractivity contribution in [2.75, 3.05) is 18.0 Å². The van der Waals surface area contributed by atoms with Gasteiger partial charge in [0.05, 0.1) is 5.41 Å². The van der Waals surface area contributed by atoms with Gasteiger partial charge in [0, 0.05) is 17.5 Å². The van der Waals surface area contributed by atoms with Crippen molar-refractivity contribution in [1.82, 2.24) is 5.32 Å². The maximum atomic E-state index is 12.4. The van der Waals surface area contributed by atoms with Crippen LogP contribution in [0.3, 0.4) is 0 Å². The molecule has 102 valence electrons. The van der Waals surface area contributed by atoms with Crippen LogP contribution in [-0.2, 0) is 10.2 Å². The van der Waals surface area contributed by atoms with Crippen LogP contribution < -0.4 is 11.1 Å². The van der Waals surface area contributed by atoms with Gasteiger partial charge in [-0.1, -0.05) is 12.1 Å². The van der Waals surface area contributed by atoms with Crippen molar-refractivity contribution in [3.05, 3.63) is 29.8 Å². The van der Waals surface area contributed by atoms with Crippen LogP contribution >= 0.6 is 11.8 Å². The number of carbonyl (C=O) groups is 1. The second-order valence-electron chi connectivity index (χ2n) is 5.55. The van der Waals surface area contributed by atoms with Crippen LogP contribution in [0.2, 0.25) is 0 Å². The SMILES string of the molecule is Nc1ccc(C2(C(=O)NCC3CCCS3)CC2)cc1. The molecule has 3 nitrogen and oxygen atoms in total. The number of carbonyl (C=O) groups excluding carboxylic acids is 1. The summed E-state index contributed by atoms with van der Waals surface area (Å²) in [4.78, 5) is 12.4. The lowest BCUT2D eigenvalue weighted by atomic mass is 9.94. The molecule has 0 bridgehead atoms. The fourth-order valence-electron chi connectivity index (χ4n) is 2.76. The van der Waals surface area contributed by atoms with Gasteiger partial charge in [0.2, 0.25) is 5.91 Å². The molecule has 1 aliphatic heterocycles. The average molecular weight is 276 g/mol. The summed E-state index contributed by atoms with van der Waals surface area (Å²) >= 11 is 1.98. The number of anilines is 1. The van der Waals surface area contributed by atoms with Crippen LogP contribution in [0.4, 0.5) is 5.69 Å². The number of thioether (sulfide) groups is 1. The van der Waals surface area contributed by atoms with Gasteiger partial charge in [-0.05, 0) is 49.1 Å². The normalized spacial score (nSPS) is 24.1.